The van der Waals surface area contributed by atoms with Crippen molar-refractivity contribution in [2.24, 2.45) is 0 Å². The lowest BCUT2D eigenvalue weighted by Gasteiger charge is -2.33. The highest BCUT2D eigenvalue weighted by molar-refractivity contribution is 5.14. The fourth-order valence-electron chi connectivity index (χ4n) is 1.90. The highest BCUT2D eigenvalue weighted by Gasteiger charge is 2.17. The summed E-state index contributed by atoms with van der Waals surface area (Å²) in [6.45, 7) is 5.56. The number of nitrogens with zero attached hydrogens (tertiary/aromatic N) is 1. The molecule has 1 atom stereocenters. The molecule has 1 N–H and O–H groups in total. The minimum Gasteiger partial charge on any atom is -0.304 e. The molecule has 2 heteroatoms. The molecular formula is C12H18N2. The molecule has 1 aliphatic heterocycles. The first-order valence-electron chi connectivity index (χ1n) is 5.35. The molecule has 1 fully saturated rings. The molecule has 0 amide bonds. The van der Waals surface area contributed by atoms with Crippen LogP contribution >= 0.6 is 0 Å². The average Bonchev–Trinajstić information content (AvgIpc) is 2.23. The molecule has 0 aromatic heterocycles. The zero-order chi connectivity index (χ0) is 9.80. The topological polar surface area (TPSA) is 15.3 Å². The van der Waals surface area contributed by atoms with Crippen LogP contribution in [0.2, 0.25) is 0 Å². The standard InChI is InChI=1S/C12H18N2/c1-11-7-8-13-10-14(11)9-12-5-3-2-4-6-12/h2-6,11,13H,7-10H2,1H3. The van der Waals surface area contributed by atoms with Crippen LogP contribution in [0.3, 0.4) is 0 Å². The molecule has 0 saturated carbocycles. The van der Waals surface area contributed by atoms with E-state index in [4.69, 9.17) is 0 Å². The van der Waals surface area contributed by atoms with Gasteiger partial charge < -0.3 is 5.32 Å². The lowest BCUT2D eigenvalue weighted by Crippen LogP contribution is -2.46. The highest BCUT2D eigenvalue weighted by atomic mass is 15.3. The zero-order valence-corrected chi connectivity index (χ0v) is 8.74. The van der Waals surface area contributed by atoms with Gasteiger partial charge in [0.05, 0.1) is 0 Å². The third-order valence-electron chi connectivity index (χ3n) is 2.91. The van der Waals surface area contributed by atoms with Gasteiger partial charge in [-0.2, -0.15) is 0 Å². The molecule has 1 aromatic rings. The Morgan fingerprint density at radius 1 is 1.36 bits per heavy atom. The van der Waals surface area contributed by atoms with Crippen molar-refractivity contribution in [2.75, 3.05) is 13.2 Å². The normalized spacial score (nSPS) is 23.6. The van der Waals surface area contributed by atoms with Crippen LogP contribution in [0.1, 0.15) is 18.9 Å². The Kier molecular flexibility index (Phi) is 3.17. The van der Waals surface area contributed by atoms with Gasteiger partial charge in [0.15, 0.2) is 0 Å². The van der Waals surface area contributed by atoms with Crippen LogP contribution in [-0.4, -0.2) is 24.2 Å². The summed E-state index contributed by atoms with van der Waals surface area (Å²) >= 11 is 0. The molecule has 0 bridgehead atoms. The van der Waals surface area contributed by atoms with Crippen LogP contribution in [0.5, 0.6) is 0 Å². The summed E-state index contributed by atoms with van der Waals surface area (Å²) in [4.78, 5) is 2.48. The summed E-state index contributed by atoms with van der Waals surface area (Å²) in [7, 11) is 0. The van der Waals surface area contributed by atoms with Gasteiger partial charge in [-0.05, 0) is 25.5 Å². The minimum atomic E-state index is 0.705. The van der Waals surface area contributed by atoms with Gasteiger partial charge in [-0.25, -0.2) is 0 Å². The zero-order valence-electron chi connectivity index (χ0n) is 8.74. The first kappa shape index (κ1) is 9.69. The van der Waals surface area contributed by atoms with Gasteiger partial charge in [0.1, 0.15) is 0 Å². The van der Waals surface area contributed by atoms with E-state index in [2.05, 4.69) is 47.5 Å². The fraction of sp³-hybridized carbons (Fsp3) is 0.500. The monoisotopic (exact) mass is 190 g/mol. The summed E-state index contributed by atoms with van der Waals surface area (Å²) in [5.41, 5.74) is 1.41. The van der Waals surface area contributed by atoms with E-state index >= 15 is 0 Å². The van der Waals surface area contributed by atoms with E-state index in [0.29, 0.717) is 6.04 Å². The molecule has 1 aromatic carbocycles. The molecule has 0 radical (unpaired) electrons. The maximum atomic E-state index is 3.41. The Balaban J connectivity index is 1.96. The predicted octanol–water partition coefficient (Wildman–Crippen LogP) is 1.83. The van der Waals surface area contributed by atoms with Crippen LogP contribution in [-0.2, 0) is 6.54 Å². The number of rotatable bonds is 2. The van der Waals surface area contributed by atoms with E-state index < -0.39 is 0 Å². The van der Waals surface area contributed by atoms with E-state index in [-0.39, 0.29) is 0 Å². The van der Waals surface area contributed by atoms with Gasteiger partial charge in [0.2, 0.25) is 0 Å². The SMILES string of the molecule is CC1CCNCN1Cc1ccccc1. The molecule has 0 aliphatic carbocycles. The van der Waals surface area contributed by atoms with Gasteiger partial charge in [-0.15, -0.1) is 0 Å². The Morgan fingerprint density at radius 2 is 2.14 bits per heavy atom. The third-order valence-corrected chi connectivity index (χ3v) is 2.91. The van der Waals surface area contributed by atoms with Crippen molar-refractivity contribution in [3.8, 4) is 0 Å². The summed E-state index contributed by atoms with van der Waals surface area (Å²) in [5, 5.41) is 3.41. The van der Waals surface area contributed by atoms with E-state index in [1.165, 1.54) is 12.0 Å². The summed E-state index contributed by atoms with van der Waals surface area (Å²) < 4.78 is 0. The van der Waals surface area contributed by atoms with Gasteiger partial charge in [0.25, 0.3) is 0 Å². The predicted molar refractivity (Wildman–Crippen MR) is 58.9 cm³/mol. The van der Waals surface area contributed by atoms with Crippen molar-refractivity contribution in [2.45, 2.75) is 25.9 Å². The van der Waals surface area contributed by atoms with Crippen molar-refractivity contribution in [3.63, 3.8) is 0 Å². The average molecular weight is 190 g/mol. The van der Waals surface area contributed by atoms with Crippen LogP contribution in [0, 0.1) is 0 Å². The third kappa shape index (κ3) is 2.34. The maximum Gasteiger partial charge on any atom is 0.0486 e. The number of benzene rings is 1. The number of hydrogen-bond donors (Lipinski definition) is 1. The molecule has 0 spiro atoms. The van der Waals surface area contributed by atoms with Gasteiger partial charge in [-0.3, -0.25) is 4.90 Å². The molecule has 1 aliphatic rings. The minimum absolute atomic E-state index is 0.705. The van der Waals surface area contributed by atoms with Crippen molar-refractivity contribution in [3.05, 3.63) is 35.9 Å². The molecule has 1 heterocycles. The molecule has 2 nitrogen and oxygen atoms in total. The van der Waals surface area contributed by atoms with Gasteiger partial charge >= 0.3 is 0 Å². The molecule has 1 saturated heterocycles. The van der Waals surface area contributed by atoms with Crippen molar-refractivity contribution >= 4 is 0 Å². The summed E-state index contributed by atoms with van der Waals surface area (Å²) in [6, 6.07) is 11.4. The van der Waals surface area contributed by atoms with Crippen molar-refractivity contribution < 1.29 is 0 Å². The first-order valence-corrected chi connectivity index (χ1v) is 5.35. The molecule has 14 heavy (non-hydrogen) atoms. The second kappa shape index (κ2) is 4.58. The lowest BCUT2D eigenvalue weighted by molar-refractivity contribution is 0.143. The summed E-state index contributed by atoms with van der Waals surface area (Å²) in [5.74, 6) is 0. The lowest BCUT2D eigenvalue weighted by atomic mass is 10.1. The van der Waals surface area contributed by atoms with E-state index in [0.717, 1.165) is 19.8 Å². The van der Waals surface area contributed by atoms with E-state index in [1.54, 1.807) is 0 Å². The maximum absolute atomic E-state index is 3.41. The molecule has 76 valence electrons. The Bertz CT molecular complexity index is 271. The van der Waals surface area contributed by atoms with Crippen molar-refractivity contribution in [1.82, 2.24) is 10.2 Å². The van der Waals surface area contributed by atoms with Crippen molar-refractivity contribution in [1.29, 1.82) is 0 Å². The van der Waals surface area contributed by atoms with E-state index in [1.807, 2.05) is 0 Å². The Hall–Kier alpha value is -0.860. The quantitative estimate of drug-likeness (QED) is 0.765. The Morgan fingerprint density at radius 3 is 2.86 bits per heavy atom. The van der Waals surface area contributed by atoms with Crippen LogP contribution in [0.4, 0.5) is 0 Å². The second-order valence-electron chi connectivity index (χ2n) is 4.03. The largest absolute Gasteiger partial charge is 0.304 e. The van der Waals surface area contributed by atoms with E-state index in [9.17, 15) is 0 Å². The highest BCUT2D eigenvalue weighted by Crippen LogP contribution is 2.11. The second-order valence-corrected chi connectivity index (χ2v) is 4.03. The number of nitrogens with one attached hydrogen (secondary N) is 1. The smallest absolute Gasteiger partial charge is 0.0486 e. The van der Waals surface area contributed by atoms with Gasteiger partial charge in [-0.1, -0.05) is 30.3 Å². The number of hydrogen-bond acceptors (Lipinski definition) is 2. The van der Waals surface area contributed by atoms with Crippen LogP contribution in [0.25, 0.3) is 0 Å². The summed E-state index contributed by atoms with van der Waals surface area (Å²) in [6.07, 6.45) is 1.26. The molecule has 2 rings (SSSR count). The molecular weight excluding hydrogens is 172 g/mol. The Labute approximate surface area is 85.9 Å². The molecule has 1 unspecified atom stereocenters. The fourth-order valence-corrected chi connectivity index (χ4v) is 1.90. The first-order chi connectivity index (χ1) is 6.86. The van der Waals surface area contributed by atoms with Crippen LogP contribution in [0.15, 0.2) is 30.3 Å². The van der Waals surface area contributed by atoms with Gasteiger partial charge in [0, 0.05) is 19.3 Å². The van der Waals surface area contributed by atoms with Crippen LogP contribution < -0.4 is 5.32 Å².